The van der Waals surface area contributed by atoms with Gasteiger partial charge in [-0.3, -0.25) is 4.79 Å². The molecule has 1 aromatic heterocycles. The average Bonchev–Trinajstić information content (AvgIpc) is 3.27. The number of benzene rings is 3. The van der Waals surface area contributed by atoms with Crippen LogP contribution in [0.3, 0.4) is 0 Å². The van der Waals surface area contributed by atoms with E-state index in [1.54, 1.807) is 29.3 Å². The number of amides is 1. The zero-order valence-electron chi connectivity index (χ0n) is 16.9. The number of carbonyl (C=O) groups excluding carboxylic acids is 1. The van der Waals surface area contributed by atoms with Gasteiger partial charge in [0.2, 0.25) is 0 Å². The second-order valence-electron chi connectivity index (χ2n) is 6.69. The number of nitrogens with one attached hydrogen (secondary N) is 1. The van der Waals surface area contributed by atoms with Crippen molar-refractivity contribution in [2.24, 2.45) is 5.10 Å². The molecule has 0 unspecified atom stereocenters. The number of rotatable bonds is 8. The van der Waals surface area contributed by atoms with Crippen LogP contribution in [0.4, 0.5) is 0 Å². The number of halogens is 1. The van der Waals surface area contributed by atoms with Crippen molar-refractivity contribution in [2.45, 2.75) is 9.10 Å². The van der Waals surface area contributed by atoms with Crippen LogP contribution < -0.4 is 10.2 Å². The van der Waals surface area contributed by atoms with Crippen LogP contribution in [0.1, 0.15) is 4.88 Å². The lowest BCUT2D eigenvalue weighted by Gasteiger charge is -2.06. The first kappa shape index (κ1) is 22.1. The average molecular weight is 479 g/mol. The summed E-state index contributed by atoms with van der Waals surface area (Å²) in [7, 11) is 0. The Morgan fingerprint density at radius 2 is 1.66 bits per heavy atom. The second-order valence-corrected chi connectivity index (χ2v) is 9.61. The molecule has 0 saturated heterocycles. The summed E-state index contributed by atoms with van der Waals surface area (Å²) in [5.74, 6) is 0.312. The van der Waals surface area contributed by atoms with Gasteiger partial charge in [0.1, 0.15) is 5.75 Å². The molecule has 7 heteroatoms. The van der Waals surface area contributed by atoms with E-state index in [2.05, 4.69) is 10.5 Å². The Balaban J connectivity index is 1.23. The molecule has 0 radical (unpaired) electrons. The van der Waals surface area contributed by atoms with E-state index in [1.807, 2.05) is 91.0 Å². The van der Waals surface area contributed by atoms with Gasteiger partial charge in [0.05, 0.1) is 10.4 Å². The quantitative estimate of drug-likeness (QED) is 0.225. The van der Waals surface area contributed by atoms with Crippen LogP contribution >= 0.6 is 34.7 Å². The second kappa shape index (κ2) is 11.0. The maximum atomic E-state index is 12.0. The van der Waals surface area contributed by atoms with Gasteiger partial charge in [-0.05, 0) is 59.7 Å². The predicted molar refractivity (Wildman–Crippen MR) is 133 cm³/mol. The van der Waals surface area contributed by atoms with Crippen LogP contribution in [-0.4, -0.2) is 18.7 Å². The zero-order valence-corrected chi connectivity index (χ0v) is 19.3. The molecule has 0 aliphatic rings. The van der Waals surface area contributed by atoms with Gasteiger partial charge in [0, 0.05) is 14.8 Å². The molecule has 4 nitrogen and oxygen atoms in total. The third-order valence-corrected chi connectivity index (χ3v) is 6.76. The Labute approximate surface area is 199 Å². The number of hydrazone groups is 1. The van der Waals surface area contributed by atoms with Crippen molar-refractivity contribution in [2.75, 3.05) is 6.61 Å². The molecular formula is C25H19ClN2O2S2. The normalized spacial score (nSPS) is 10.9. The van der Waals surface area contributed by atoms with Gasteiger partial charge >= 0.3 is 0 Å². The van der Waals surface area contributed by atoms with Crippen molar-refractivity contribution in [3.63, 3.8) is 0 Å². The molecule has 0 aliphatic carbocycles. The van der Waals surface area contributed by atoms with E-state index in [0.29, 0.717) is 5.75 Å². The van der Waals surface area contributed by atoms with Crippen molar-refractivity contribution >= 4 is 46.8 Å². The molecule has 160 valence electrons. The van der Waals surface area contributed by atoms with Crippen molar-refractivity contribution in [3.8, 4) is 16.9 Å². The van der Waals surface area contributed by atoms with Crippen LogP contribution in [0.5, 0.6) is 5.75 Å². The topological polar surface area (TPSA) is 50.7 Å². The van der Waals surface area contributed by atoms with Gasteiger partial charge in [-0.25, -0.2) is 5.43 Å². The van der Waals surface area contributed by atoms with E-state index in [-0.39, 0.29) is 12.5 Å². The molecule has 3 aromatic carbocycles. The Bertz CT molecular complexity index is 1190. The lowest BCUT2D eigenvalue weighted by molar-refractivity contribution is -0.123. The third kappa shape index (κ3) is 6.47. The molecule has 1 heterocycles. The molecule has 32 heavy (non-hydrogen) atoms. The Hall–Kier alpha value is -3.06. The summed E-state index contributed by atoms with van der Waals surface area (Å²) in [4.78, 5) is 14.1. The SMILES string of the molecule is O=C(COc1ccc(-c2ccccc2)cc1)N/N=C/c1ccc(Sc2ccc(Cl)cc2)s1. The van der Waals surface area contributed by atoms with Crippen LogP contribution in [0.25, 0.3) is 11.1 Å². The first-order valence-corrected chi connectivity index (χ1v) is 11.8. The van der Waals surface area contributed by atoms with E-state index >= 15 is 0 Å². The van der Waals surface area contributed by atoms with Gasteiger partial charge < -0.3 is 4.74 Å². The summed E-state index contributed by atoms with van der Waals surface area (Å²) < 4.78 is 6.67. The predicted octanol–water partition coefficient (Wildman–Crippen LogP) is 6.75. The van der Waals surface area contributed by atoms with Crippen LogP contribution in [0, 0.1) is 0 Å². The highest BCUT2D eigenvalue weighted by molar-refractivity contribution is 8.01. The minimum atomic E-state index is -0.319. The minimum Gasteiger partial charge on any atom is -0.484 e. The largest absolute Gasteiger partial charge is 0.484 e. The van der Waals surface area contributed by atoms with Crippen LogP contribution in [0.2, 0.25) is 5.02 Å². The van der Waals surface area contributed by atoms with Crippen LogP contribution in [-0.2, 0) is 4.79 Å². The maximum absolute atomic E-state index is 12.0. The highest BCUT2D eigenvalue weighted by Gasteiger charge is 2.04. The number of carbonyl (C=O) groups is 1. The molecule has 0 bridgehead atoms. The first-order chi connectivity index (χ1) is 15.7. The zero-order chi connectivity index (χ0) is 22.2. The number of ether oxygens (including phenoxy) is 1. The van der Waals surface area contributed by atoms with Crippen LogP contribution in [0.15, 0.2) is 105 Å². The van der Waals surface area contributed by atoms with Gasteiger partial charge in [0.15, 0.2) is 6.61 Å². The summed E-state index contributed by atoms with van der Waals surface area (Å²) in [5, 5.41) is 4.74. The standard InChI is InChI=1S/C25H19ClN2O2S2/c26-20-8-12-22(13-9-20)31-25-15-14-23(32-25)16-27-28-24(29)17-30-21-10-6-19(7-11-21)18-4-2-1-3-5-18/h1-16H,17H2,(H,28,29)/b27-16+. The summed E-state index contributed by atoms with van der Waals surface area (Å²) >= 11 is 9.16. The molecule has 0 aliphatic heterocycles. The van der Waals surface area contributed by atoms with E-state index < -0.39 is 0 Å². The van der Waals surface area contributed by atoms with Gasteiger partial charge in [-0.15, -0.1) is 11.3 Å². The van der Waals surface area contributed by atoms with Crippen molar-refractivity contribution in [1.29, 1.82) is 0 Å². The fraction of sp³-hybridized carbons (Fsp3) is 0.0400. The molecule has 0 saturated carbocycles. The Morgan fingerprint density at radius 3 is 2.41 bits per heavy atom. The van der Waals surface area contributed by atoms with Crippen molar-refractivity contribution in [1.82, 2.24) is 5.43 Å². The Morgan fingerprint density at radius 1 is 0.938 bits per heavy atom. The fourth-order valence-electron chi connectivity index (χ4n) is 2.80. The smallest absolute Gasteiger partial charge is 0.277 e. The third-order valence-electron chi connectivity index (χ3n) is 4.35. The van der Waals surface area contributed by atoms with Gasteiger partial charge in [0.25, 0.3) is 5.91 Å². The molecular weight excluding hydrogens is 460 g/mol. The molecule has 0 spiro atoms. The lowest BCUT2D eigenvalue weighted by atomic mass is 10.1. The summed E-state index contributed by atoms with van der Waals surface area (Å²) in [6.07, 6.45) is 1.63. The molecule has 4 rings (SSSR count). The number of nitrogens with zero attached hydrogens (tertiary/aromatic N) is 1. The number of thiophene rings is 1. The number of hydrogen-bond donors (Lipinski definition) is 1. The number of hydrogen-bond acceptors (Lipinski definition) is 5. The van der Waals surface area contributed by atoms with Gasteiger partial charge in [-0.2, -0.15) is 5.10 Å². The minimum absolute atomic E-state index is 0.107. The maximum Gasteiger partial charge on any atom is 0.277 e. The summed E-state index contributed by atoms with van der Waals surface area (Å²) in [6, 6.07) is 29.4. The lowest BCUT2D eigenvalue weighted by Crippen LogP contribution is -2.24. The highest BCUT2D eigenvalue weighted by atomic mass is 35.5. The molecule has 1 amide bonds. The van der Waals surface area contributed by atoms with E-state index in [9.17, 15) is 4.79 Å². The van der Waals surface area contributed by atoms with E-state index in [0.717, 1.165) is 30.1 Å². The Kier molecular flexibility index (Phi) is 7.61. The molecule has 1 N–H and O–H groups in total. The highest BCUT2D eigenvalue weighted by Crippen LogP contribution is 2.33. The summed E-state index contributed by atoms with van der Waals surface area (Å²) in [5.41, 5.74) is 4.72. The monoisotopic (exact) mass is 478 g/mol. The van der Waals surface area contributed by atoms with E-state index in [4.69, 9.17) is 16.3 Å². The fourth-order valence-corrected chi connectivity index (χ4v) is 4.92. The van der Waals surface area contributed by atoms with Crippen molar-refractivity contribution in [3.05, 3.63) is 101 Å². The molecule has 0 fully saturated rings. The summed E-state index contributed by atoms with van der Waals surface area (Å²) in [6.45, 7) is -0.107. The van der Waals surface area contributed by atoms with E-state index in [1.165, 1.54) is 0 Å². The molecule has 4 aromatic rings. The first-order valence-electron chi connectivity index (χ1n) is 9.79. The van der Waals surface area contributed by atoms with Crippen molar-refractivity contribution < 1.29 is 9.53 Å². The molecule has 0 atom stereocenters. The van der Waals surface area contributed by atoms with Gasteiger partial charge in [-0.1, -0.05) is 65.8 Å².